The largest absolute Gasteiger partial charge is 0.346 e. The second-order valence-electron chi connectivity index (χ2n) is 9.21. The molecule has 0 saturated carbocycles. The van der Waals surface area contributed by atoms with Crippen LogP contribution in [0.15, 0.2) is 48.5 Å². The second-order valence-corrected chi connectivity index (χ2v) is 9.21. The van der Waals surface area contributed by atoms with E-state index in [1.54, 1.807) is 4.90 Å². The molecule has 0 bridgehead atoms. The van der Waals surface area contributed by atoms with E-state index in [1.165, 1.54) is 0 Å². The van der Waals surface area contributed by atoms with E-state index in [0.29, 0.717) is 18.3 Å². The number of anilines is 1. The normalized spacial score (nSPS) is 17.4. The zero-order valence-electron chi connectivity index (χ0n) is 19.1. The van der Waals surface area contributed by atoms with Crippen LogP contribution in [0.1, 0.15) is 38.6 Å². The summed E-state index contributed by atoms with van der Waals surface area (Å²) in [5.74, 6) is 1.14. The van der Waals surface area contributed by atoms with E-state index in [2.05, 4.69) is 29.4 Å². The summed E-state index contributed by atoms with van der Waals surface area (Å²) in [5.41, 5.74) is 2.81. The fraction of sp³-hybridized carbons (Fsp3) is 0.360. The van der Waals surface area contributed by atoms with E-state index >= 15 is 0 Å². The number of carbonyl (C=O) groups is 2. The third-order valence-corrected chi connectivity index (χ3v) is 6.36. The first-order valence-corrected chi connectivity index (χ1v) is 11.4. The fourth-order valence-electron chi connectivity index (χ4n) is 4.71. The summed E-state index contributed by atoms with van der Waals surface area (Å²) in [6.45, 7) is 4.58. The quantitative estimate of drug-likeness (QED) is 0.474. The minimum Gasteiger partial charge on any atom is -0.346 e. The van der Waals surface area contributed by atoms with Crippen LogP contribution in [-0.2, 0) is 16.6 Å². The molecular formula is C25H28N6O2. The minimum absolute atomic E-state index is 0.0875. The number of imidazole rings is 1. The molecule has 8 nitrogen and oxygen atoms in total. The standard InChI is InChI=1S/C25H28N6O2/c1-15(2)12-20(24-26-19-10-6-7-11-21(19)30(24)3)27-25(33)16-13-22(32)31(14-16)23-17-8-4-5-9-18(17)28-29-23/h4-11,15-16,20H,12-14H2,1-3H3,(H,27,33)(H,28,29)/t16?,20-/m0/s1. The number of aryl methyl sites for hydroxylation is 1. The van der Waals surface area contributed by atoms with Gasteiger partial charge in [-0.25, -0.2) is 4.98 Å². The van der Waals surface area contributed by atoms with Crippen LogP contribution in [0.2, 0.25) is 0 Å². The minimum atomic E-state index is -0.433. The Morgan fingerprint density at radius 3 is 2.73 bits per heavy atom. The third-order valence-electron chi connectivity index (χ3n) is 6.36. The Balaban J connectivity index is 1.37. The summed E-state index contributed by atoms with van der Waals surface area (Å²) in [7, 11) is 1.98. The van der Waals surface area contributed by atoms with Crippen molar-refractivity contribution in [3.63, 3.8) is 0 Å². The predicted octanol–water partition coefficient (Wildman–Crippen LogP) is 3.71. The van der Waals surface area contributed by atoms with Crippen LogP contribution in [0.5, 0.6) is 0 Å². The van der Waals surface area contributed by atoms with Gasteiger partial charge in [0.25, 0.3) is 0 Å². The van der Waals surface area contributed by atoms with E-state index in [0.717, 1.165) is 34.2 Å². The Kier molecular flexibility index (Phi) is 5.36. The van der Waals surface area contributed by atoms with Gasteiger partial charge in [-0.2, -0.15) is 5.10 Å². The summed E-state index contributed by atoms with van der Waals surface area (Å²) < 4.78 is 2.05. The van der Waals surface area contributed by atoms with Crippen molar-refractivity contribution in [1.29, 1.82) is 0 Å². The van der Waals surface area contributed by atoms with Crippen LogP contribution < -0.4 is 10.2 Å². The first-order chi connectivity index (χ1) is 15.9. The number of para-hydroxylation sites is 3. The monoisotopic (exact) mass is 444 g/mol. The summed E-state index contributed by atoms with van der Waals surface area (Å²) in [6.07, 6.45) is 0.932. The van der Waals surface area contributed by atoms with E-state index in [4.69, 9.17) is 4.98 Å². The Morgan fingerprint density at radius 1 is 1.18 bits per heavy atom. The van der Waals surface area contributed by atoms with Gasteiger partial charge in [-0.05, 0) is 36.6 Å². The van der Waals surface area contributed by atoms with Gasteiger partial charge in [0.2, 0.25) is 11.8 Å². The third kappa shape index (κ3) is 3.86. The highest BCUT2D eigenvalue weighted by Crippen LogP contribution is 2.31. The Hall–Kier alpha value is -3.68. The van der Waals surface area contributed by atoms with Gasteiger partial charge in [0, 0.05) is 25.4 Å². The van der Waals surface area contributed by atoms with Crippen molar-refractivity contribution in [2.75, 3.05) is 11.4 Å². The molecule has 1 fully saturated rings. The highest BCUT2D eigenvalue weighted by molar-refractivity contribution is 6.05. The van der Waals surface area contributed by atoms with E-state index in [1.807, 2.05) is 60.1 Å². The van der Waals surface area contributed by atoms with Crippen LogP contribution in [0.25, 0.3) is 21.9 Å². The van der Waals surface area contributed by atoms with Crippen molar-refractivity contribution >= 4 is 39.6 Å². The van der Waals surface area contributed by atoms with Crippen molar-refractivity contribution in [3.8, 4) is 0 Å². The highest BCUT2D eigenvalue weighted by Gasteiger charge is 2.38. The topological polar surface area (TPSA) is 95.9 Å². The zero-order valence-corrected chi connectivity index (χ0v) is 19.1. The van der Waals surface area contributed by atoms with Crippen LogP contribution in [0.3, 0.4) is 0 Å². The van der Waals surface area contributed by atoms with Crippen molar-refractivity contribution < 1.29 is 9.59 Å². The zero-order chi connectivity index (χ0) is 23.1. The number of carbonyl (C=O) groups excluding carboxylic acids is 2. The van der Waals surface area contributed by atoms with Crippen molar-refractivity contribution in [3.05, 3.63) is 54.4 Å². The lowest BCUT2D eigenvalue weighted by Crippen LogP contribution is -2.37. The van der Waals surface area contributed by atoms with Gasteiger partial charge >= 0.3 is 0 Å². The first kappa shape index (κ1) is 21.2. The van der Waals surface area contributed by atoms with Gasteiger partial charge in [0.1, 0.15) is 5.82 Å². The number of H-pyrrole nitrogens is 1. The molecule has 2 aromatic heterocycles. The molecule has 5 rings (SSSR count). The number of nitrogens with one attached hydrogen (secondary N) is 2. The molecule has 4 aromatic rings. The van der Waals surface area contributed by atoms with E-state index < -0.39 is 5.92 Å². The SMILES string of the molecule is CC(C)C[C@H](NC(=O)C1CC(=O)N(c2n[nH]c3ccccc23)C1)c1nc2ccccc2n1C. The van der Waals surface area contributed by atoms with Gasteiger partial charge in [-0.15, -0.1) is 0 Å². The van der Waals surface area contributed by atoms with Gasteiger partial charge < -0.3 is 9.88 Å². The summed E-state index contributed by atoms with van der Waals surface area (Å²) >= 11 is 0. The molecule has 2 N–H and O–H groups in total. The molecule has 170 valence electrons. The van der Waals surface area contributed by atoms with E-state index in [-0.39, 0.29) is 24.3 Å². The molecule has 8 heteroatoms. The predicted molar refractivity (Wildman–Crippen MR) is 128 cm³/mol. The maximum Gasteiger partial charge on any atom is 0.229 e. The van der Waals surface area contributed by atoms with Gasteiger partial charge in [0.05, 0.1) is 28.5 Å². The number of benzene rings is 2. The maximum atomic E-state index is 13.3. The average molecular weight is 445 g/mol. The van der Waals surface area contributed by atoms with E-state index in [9.17, 15) is 9.59 Å². The molecule has 1 aliphatic rings. The lowest BCUT2D eigenvalue weighted by molar-refractivity contribution is -0.127. The summed E-state index contributed by atoms with van der Waals surface area (Å²) in [6, 6.07) is 15.4. The number of rotatable bonds is 6. The average Bonchev–Trinajstić information content (AvgIpc) is 3.48. The molecule has 0 spiro atoms. The summed E-state index contributed by atoms with van der Waals surface area (Å²) in [5, 5.41) is 11.4. The fourth-order valence-corrected chi connectivity index (χ4v) is 4.71. The van der Waals surface area contributed by atoms with Crippen molar-refractivity contribution in [1.82, 2.24) is 25.1 Å². The lowest BCUT2D eigenvalue weighted by atomic mass is 10.0. The molecule has 1 saturated heterocycles. The molecule has 0 aliphatic carbocycles. The maximum absolute atomic E-state index is 13.3. The Morgan fingerprint density at radius 2 is 1.94 bits per heavy atom. The Labute approximate surface area is 192 Å². The molecule has 2 amide bonds. The second kappa shape index (κ2) is 8.35. The number of hydrogen-bond acceptors (Lipinski definition) is 4. The van der Waals surface area contributed by atoms with Crippen molar-refractivity contribution in [2.45, 2.75) is 32.7 Å². The van der Waals surface area contributed by atoms with Crippen LogP contribution in [-0.4, -0.2) is 38.1 Å². The number of aromatic amines is 1. The molecule has 2 aromatic carbocycles. The van der Waals surface area contributed by atoms with Gasteiger partial charge in [-0.1, -0.05) is 38.1 Å². The number of fused-ring (bicyclic) bond motifs is 2. The molecule has 0 radical (unpaired) electrons. The van der Waals surface area contributed by atoms with Crippen LogP contribution >= 0.6 is 0 Å². The molecular weight excluding hydrogens is 416 g/mol. The Bertz CT molecular complexity index is 1340. The number of nitrogens with zero attached hydrogens (tertiary/aromatic N) is 4. The van der Waals surface area contributed by atoms with Gasteiger partial charge in [-0.3, -0.25) is 19.6 Å². The van der Waals surface area contributed by atoms with Gasteiger partial charge in [0.15, 0.2) is 5.82 Å². The molecule has 33 heavy (non-hydrogen) atoms. The molecule has 1 unspecified atom stereocenters. The van der Waals surface area contributed by atoms with Crippen LogP contribution in [0.4, 0.5) is 5.82 Å². The number of aromatic nitrogens is 4. The molecule has 3 heterocycles. The number of amides is 2. The highest BCUT2D eigenvalue weighted by atomic mass is 16.2. The molecule has 1 aliphatic heterocycles. The van der Waals surface area contributed by atoms with Crippen LogP contribution in [0, 0.1) is 11.8 Å². The number of hydrogen-bond donors (Lipinski definition) is 2. The van der Waals surface area contributed by atoms with Crippen molar-refractivity contribution in [2.24, 2.45) is 18.9 Å². The lowest BCUT2D eigenvalue weighted by Gasteiger charge is -2.22. The molecule has 2 atom stereocenters. The summed E-state index contributed by atoms with van der Waals surface area (Å²) in [4.78, 5) is 32.5. The smallest absolute Gasteiger partial charge is 0.229 e. The first-order valence-electron chi connectivity index (χ1n) is 11.4.